The van der Waals surface area contributed by atoms with Crippen LogP contribution in [0.1, 0.15) is 11.1 Å². The summed E-state index contributed by atoms with van der Waals surface area (Å²) in [6.45, 7) is 2.45. The fourth-order valence-corrected chi connectivity index (χ4v) is 2.75. The van der Waals surface area contributed by atoms with Gasteiger partial charge in [0.05, 0.1) is 12.8 Å². The fraction of sp³-hybridized carbons (Fsp3) is 0.300. The molecule has 2 N–H and O–H groups in total. The van der Waals surface area contributed by atoms with Crippen LogP contribution in [0, 0.1) is 0 Å². The number of benzene rings is 2. The summed E-state index contributed by atoms with van der Waals surface area (Å²) in [5.41, 5.74) is 3.58. The van der Waals surface area contributed by atoms with Crippen molar-refractivity contribution in [3.63, 3.8) is 0 Å². The number of para-hydroxylation sites is 1. The number of nitrogens with one attached hydrogen (secondary N) is 2. The molecule has 0 amide bonds. The highest BCUT2D eigenvalue weighted by molar-refractivity contribution is 5.35. The Morgan fingerprint density at radius 3 is 2.75 bits per heavy atom. The van der Waals surface area contributed by atoms with Crippen LogP contribution in [0.3, 0.4) is 0 Å². The molecule has 2 aromatic rings. The summed E-state index contributed by atoms with van der Waals surface area (Å²) >= 11 is 0. The van der Waals surface area contributed by atoms with Crippen LogP contribution >= 0.6 is 0 Å². The van der Waals surface area contributed by atoms with Gasteiger partial charge in [0.2, 0.25) is 0 Å². The molecule has 0 unspecified atom stereocenters. The van der Waals surface area contributed by atoms with E-state index >= 15 is 0 Å². The van der Waals surface area contributed by atoms with Crippen molar-refractivity contribution >= 4 is 0 Å². The summed E-state index contributed by atoms with van der Waals surface area (Å²) in [5, 5.41) is 6.57. The summed E-state index contributed by atoms with van der Waals surface area (Å²) in [4.78, 5) is 0. The monoisotopic (exact) mass is 324 g/mol. The molecule has 0 atom stereocenters. The van der Waals surface area contributed by atoms with Crippen molar-refractivity contribution in [3.8, 4) is 11.5 Å². The van der Waals surface area contributed by atoms with E-state index < -0.39 is 0 Å². The minimum Gasteiger partial charge on any atom is -0.497 e. The second-order valence-electron chi connectivity index (χ2n) is 5.80. The number of ether oxygens (including phenoxy) is 2. The molecule has 0 bridgehead atoms. The molecule has 1 heterocycles. The summed E-state index contributed by atoms with van der Waals surface area (Å²) < 4.78 is 11.3. The Morgan fingerprint density at radius 1 is 1.00 bits per heavy atom. The maximum Gasteiger partial charge on any atom is 0.129 e. The smallest absolute Gasteiger partial charge is 0.129 e. The van der Waals surface area contributed by atoms with Gasteiger partial charge in [-0.15, -0.1) is 0 Å². The summed E-state index contributed by atoms with van der Waals surface area (Å²) in [6.07, 6.45) is 3.89. The van der Waals surface area contributed by atoms with Gasteiger partial charge in [-0.3, -0.25) is 0 Å². The van der Waals surface area contributed by atoms with Gasteiger partial charge in [-0.05, 0) is 42.2 Å². The minimum atomic E-state index is 0.559. The van der Waals surface area contributed by atoms with Crippen molar-refractivity contribution in [2.45, 2.75) is 12.8 Å². The molecule has 3 rings (SSSR count). The second-order valence-corrected chi connectivity index (χ2v) is 5.80. The molecule has 0 spiro atoms. The molecular formula is C20H24N2O2. The molecule has 24 heavy (non-hydrogen) atoms. The standard InChI is InChI=1S/C20H24N2O2/c1-23-19-7-4-5-16(13-19)9-10-17-6-2-3-8-20(17)24-15-18-14-21-11-12-22-18/h2-8,13-14,21-22H,9-12,15H2,1H3. The normalized spacial score (nSPS) is 13.5. The van der Waals surface area contributed by atoms with Crippen LogP contribution in [0.15, 0.2) is 60.4 Å². The van der Waals surface area contributed by atoms with Crippen molar-refractivity contribution in [2.75, 3.05) is 26.8 Å². The number of methoxy groups -OCH3 is 1. The Kier molecular flexibility index (Phi) is 5.61. The molecule has 0 aromatic heterocycles. The number of hydrogen-bond acceptors (Lipinski definition) is 4. The topological polar surface area (TPSA) is 42.5 Å². The fourth-order valence-electron chi connectivity index (χ4n) is 2.75. The highest BCUT2D eigenvalue weighted by Gasteiger charge is 2.07. The third-order valence-corrected chi connectivity index (χ3v) is 4.07. The van der Waals surface area contributed by atoms with E-state index in [1.165, 1.54) is 11.1 Å². The Labute approximate surface area is 143 Å². The zero-order chi connectivity index (χ0) is 16.6. The van der Waals surface area contributed by atoms with Gasteiger partial charge in [-0.2, -0.15) is 0 Å². The highest BCUT2D eigenvalue weighted by Crippen LogP contribution is 2.21. The van der Waals surface area contributed by atoms with E-state index in [0.29, 0.717) is 6.61 Å². The molecule has 0 aliphatic carbocycles. The van der Waals surface area contributed by atoms with Gasteiger partial charge in [0.1, 0.15) is 18.1 Å². The number of hydrogen-bond donors (Lipinski definition) is 2. The molecule has 0 fully saturated rings. The number of rotatable bonds is 7. The van der Waals surface area contributed by atoms with E-state index in [1.54, 1.807) is 7.11 Å². The van der Waals surface area contributed by atoms with Crippen LogP contribution in [0.2, 0.25) is 0 Å². The van der Waals surface area contributed by atoms with Crippen LogP contribution < -0.4 is 20.1 Å². The first-order chi connectivity index (χ1) is 11.8. The SMILES string of the molecule is COc1cccc(CCc2ccccc2OCC2=CNCCN2)c1. The van der Waals surface area contributed by atoms with Gasteiger partial charge < -0.3 is 20.1 Å². The average Bonchev–Trinajstić information content (AvgIpc) is 2.66. The highest BCUT2D eigenvalue weighted by atomic mass is 16.5. The second kappa shape index (κ2) is 8.29. The maximum atomic E-state index is 6.01. The number of aryl methyl sites for hydroxylation is 2. The first-order valence-corrected chi connectivity index (χ1v) is 8.35. The predicted octanol–water partition coefficient (Wildman–Crippen LogP) is 2.89. The molecule has 0 saturated carbocycles. The Balaban J connectivity index is 1.61. The van der Waals surface area contributed by atoms with Crippen molar-refractivity contribution in [3.05, 3.63) is 71.6 Å². The lowest BCUT2D eigenvalue weighted by molar-refractivity contribution is 0.335. The third-order valence-electron chi connectivity index (χ3n) is 4.07. The van der Waals surface area contributed by atoms with E-state index in [9.17, 15) is 0 Å². The maximum absolute atomic E-state index is 6.01. The molecule has 0 saturated heterocycles. The van der Waals surface area contributed by atoms with Crippen LogP contribution in [0.4, 0.5) is 0 Å². The van der Waals surface area contributed by atoms with Crippen LogP contribution in [-0.4, -0.2) is 26.8 Å². The Hall–Kier alpha value is -2.62. The van der Waals surface area contributed by atoms with Gasteiger partial charge in [-0.1, -0.05) is 30.3 Å². The van der Waals surface area contributed by atoms with E-state index in [2.05, 4.69) is 34.9 Å². The van der Waals surface area contributed by atoms with Gasteiger partial charge in [0.15, 0.2) is 0 Å². The predicted molar refractivity (Wildman–Crippen MR) is 96.4 cm³/mol. The Morgan fingerprint density at radius 2 is 1.92 bits per heavy atom. The lowest BCUT2D eigenvalue weighted by Gasteiger charge is -2.18. The van der Waals surface area contributed by atoms with Gasteiger partial charge in [0, 0.05) is 19.3 Å². The summed E-state index contributed by atoms with van der Waals surface area (Å²) in [7, 11) is 1.70. The lowest BCUT2D eigenvalue weighted by atomic mass is 10.0. The largest absolute Gasteiger partial charge is 0.497 e. The molecular weight excluding hydrogens is 300 g/mol. The van der Waals surface area contributed by atoms with Crippen molar-refractivity contribution in [1.82, 2.24) is 10.6 Å². The van der Waals surface area contributed by atoms with Crippen LogP contribution in [-0.2, 0) is 12.8 Å². The minimum absolute atomic E-state index is 0.559. The van der Waals surface area contributed by atoms with Gasteiger partial charge >= 0.3 is 0 Å². The van der Waals surface area contributed by atoms with E-state index in [-0.39, 0.29) is 0 Å². The van der Waals surface area contributed by atoms with Crippen molar-refractivity contribution in [2.24, 2.45) is 0 Å². The first-order valence-electron chi connectivity index (χ1n) is 8.35. The van der Waals surface area contributed by atoms with Crippen molar-refractivity contribution in [1.29, 1.82) is 0 Å². The zero-order valence-electron chi connectivity index (χ0n) is 14.0. The van der Waals surface area contributed by atoms with E-state index in [1.807, 2.05) is 30.5 Å². The summed E-state index contributed by atoms with van der Waals surface area (Å²) in [5.74, 6) is 1.86. The van der Waals surface area contributed by atoms with E-state index in [4.69, 9.17) is 9.47 Å². The molecule has 0 radical (unpaired) electrons. The summed E-state index contributed by atoms with van der Waals surface area (Å²) in [6, 6.07) is 16.5. The van der Waals surface area contributed by atoms with Crippen LogP contribution in [0.25, 0.3) is 0 Å². The molecule has 2 aromatic carbocycles. The van der Waals surface area contributed by atoms with Crippen molar-refractivity contribution < 1.29 is 9.47 Å². The average molecular weight is 324 g/mol. The molecule has 1 aliphatic heterocycles. The molecule has 4 heteroatoms. The van der Waals surface area contributed by atoms with Crippen LogP contribution in [0.5, 0.6) is 11.5 Å². The lowest BCUT2D eigenvalue weighted by Crippen LogP contribution is -2.33. The van der Waals surface area contributed by atoms with Gasteiger partial charge in [0.25, 0.3) is 0 Å². The molecule has 126 valence electrons. The quantitative estimate of drug-likeness (QED) is 0.822. The Bertz CT molecular complexity index is 698. The third kappa shape index (κ3) is 4.44. The first kappa shape index (κ1) is 16.2. The van der Waals surface area contributed by atoms with E-state index in [0.717, 1.165) is 43.1 Å². The molecule has 1 aliphatic rings. The van der Waals surface area contributed by atoms with Gasteiger partial charge in [-0.25, -0.2) is 0 Å². The zero-order valence-corrected chi connectivity index (χ0v) is 14.0. The molecule has 4 nitrogen and oxygen atoms in total.